The Kier molecular flexibility index (Phi) is 2.81. The van der Waals surface area contributed by atoms with Crippen molar-refractivity contribution in [3.05, 3.63) is 52.3 Å². The molecule has 1 heterocycles. The molecule has 0 aliphatic carbocycles. The van der Waals surface area contributed by atoms with Gasteiger partial charge < -0.3 is 4.74 Å². The van der Waals surface area contributed by atoms with Gasteiger partial charge in [0, 0.05) is 23.9 Å². The molecule has 6 heteroatoms. The SMILES string of the molecule is O=[N+]([O-])c1ccc(OCc2cn[nH]c2)cc1. The van der Waals surface area contributed by atoms with Gasteiger partial charge in [0.05, 0.1) is 11.1 Å². The number of nitro groups is 1. The lowest BCUT2D eigenvalue weighted by Crippen LogP contribution is -1.94. The average Bonchev–Trinajstić information content (AvgIpc) is 2.80. The Balaban J connectivity index is 1.98. The maximum Gasteiger partial charge on any atom is 0.269 e. The Labute approximate surface area is 91.0 Å². The van der Waals surface area contributed by atoms with Crippen LogP contribution in [0.3, 0.4) is 0 Å². The van der Waals surface area contributed by atoms with E-state index in [0.29, 0.717) is 12.4 Å². The van der Waals surface area contributed by atoms with Crippen LogP contribution in [-0.4, -0.2) is 15.1 Å². The summed E-state index contributed by atoms with van der Waals surface area (Å²) < 4.78 is 5.40. The van der Waals surface area contributed by atoms with Crippen molar-refractivity contribution in [1.29, 1.82) is 0 Å². The van der Waals surface area contributed by atoms with Gasteiger partial charge in [-0.1, -0.05) is 0 Å². The lowest BCUT2D eigenvalue weighted by Gasteiger charge is -2.03. The van der Waals surface area contributed by atoms with Gasteiger partial charge in [-0.2, -0.15) is 5.10 Å². The number of nitro benzene ring substituents is 1. The van der Waals surface area contributed by atoms with Gasteiger partial charge in [0.1, 0.15) is 12.4 Å². The normalized spacial score (nSPS) is 10.0. The number of nitrogens with one attached hydrogen (secondary N) is 1. The summed E-state index contributed by atoms with van der Waals surface area (Å²) in [6, 6.07) is 5.95. The second-order valence-electron chi connectivity index (χ2n) is 3.15. The molecule has 0 atom stereocenters. The molecular formula is C10H9N3O3. The lowest BCUT2D eigenvalue weighted by molar-refractivity contribution is -0.384. The predicted octanol–water partition coefficient (Wildman–Crippen LogP) is 1.90. The molecule has 0 spiro atoms. The number of aromatic nitrogens is 2. The Morgan fingerprint density at radius 3 is 2.69 bits per heavy atom. The van der Waals surface area contributed by atoms with E-state index in [-0.39, 0.29) is 5.69 Å². The molecule has 0 aliphatic heterocycles. The summed E-state index contributed by atoms with van der Waals surface area (Å²) in [5, 5.41) is 16.9. The minimum atomic E-state index is -0.445. The molecule has 0 saturated carbocycles. The van der Waals surface area contributed by atoms with Crippen LogP contribution in [0, 0.1) is 10.1 Å². The summed E-state index contributed by atoms with van der Waals surface area (Å²) in [5.41, 5.74) is 0.967. The largest absolute Gasteiger partial charge is 0.489 e. The lowest BCUT2D eigenvalue weighted by atomic mass is 10.3. The van der Waals surface area contributed by atoms with Gasteiger partial charge >= 0.3 is 0 Å². The Hall–Kier alpha value is -2.37. The zero-order valence-electron chi connectivity index (χ0n) is 8.29. The van der Waals surface area contributed by atoms with E-state index in [9.17, 15) is 10.1 Å². The molecule has 2 rings (SSSR count). The van der Waals surface area contributed by atoms with Crippen LogP contribution in [0.2, 0.25) is 0 Å². The standard InChI is InChI=1S/C10H9N3O3/c14-13(15)9-1-3-10(4-2-9)16-7-8-5-11-12-6-8/h1-6H,7H2,(H,11,12). The summed E-state index contributed by atoms with van der Waals surface area (Å²) in [6.07, 6.45) is 3.39. The number of H-pyrrole nitrogens is 1. The molecule has 0 unspecified atom stereocenters. The Bertz CT molecular complexity index is 465. The Morgan fingerprint density at radius 1 is 1.38 bits per heavy atom. The summed E-state index contributed by atoms with van der Waals surface area (Å²) in [5.74, 6) is 0.590. The molecule has 82 valence electrons. The monoisotopic (exact) mass is 219 g/mol. The summed E-state index contributed by atoms with van der Waals surface area (Å²) >= 11 is 0. The van der Waals surface area contributed by atoms with E-state index in [2.05, 4.69) is 10.2 Å². The van der Waals surface area contributed by atoms with Crippen molar-refractivity contribution < 1.29 is 9.66 Å². The third-order valence-corrected chi connectivity index (χ3v) is 2.01. The molecular weight excluding hydrogens is 210 g/mol. The van der Waals surface area contributed by atoms with E-state index < -0.39 is 4.92 Å². The Morgan fingerprint density at radius 2 is 2.12 bits per heavy atom. The third kappa shape index (κ3) is 2.35. The van der Waals surface area contributed by atoms with E-state index in [1.54, 1.807) is 24.5 Å². The van der Waals surface area contributed by atoms with Crippen molar-refractivity contribution in [3.8, 4) is 5.75 Å². The molecule has 0 radical (unpaired) electrons. The maximum atomic E-state index is 10.4. The molecule has 0 aliphatic rings. The van der Waals surface area contributed by atoms with Crippen LogP contribution >= 0.6 is 0 Å². The van der Waals surface area contributed by atoms with Crippen molar-refractivity contribution in [2.24, 2.45) is 0 Å². The summed E-state index contributed by atoms with van der Waals surface area (Å²) in [4.78, 5) is 9.96. The highest BCUT2D eigenvalue weighted by atomic mass is 16.6. The molecule has 1 aromatic carbocycles. The van der Waals surface area contributed by atoms with E-state index in [1.807, 2.05) is 0 Å². The number of aromatic amines is 1. The average molecular weight is 219 g/mol. The molecule has 16 heavy (non-hydrogen) atoms. The number of rotatable bonds is 4. The van der Waals surface area contributed by atoms with Crippen LogP contribution in [0.1, 0.15) is 5.56 Å². The van der Waals surface area contributed by atoms with Gasteiger partial charge in [0.2, 0.25) is 0 Å². The van der Waals surface area contributed by atoms with Gasteiger partial charge in [-0.15, -0.1) is 0 Å². The molecule has 1 N–H and O–H groups in total. The minimum Gasteiger partial charge on any atom is -0.489 e. The van der Waals surface area contributed by atoms with Gasteiger partial charge in [-0.25, -0.2) is 0 Å². The van der Waals surface area contributed by atoms with Crippen molar-refractivity contribution in [3.63, 3.8) is 0 Å². The quantitative estimate of drug-likeness (QED) is 0.628. The first kappa shape index (κ1) is 10.2. The van der Waals surface area contributed by atoms with Crippen LogP contribution in [0.4, 0.5) is 5.69 Å². The van der Waals surface area contributed by atoms with Crippen LogP contribution in [0.25, 0.3) is 0 Å². The number of benzene rings is 1. The first-order valence-electron chi connectivity index (χ1n) is 4.60. The zero-order chi connectivity index (χ0) is 11.4. The van der Waals surface area contributed by atoms with Gasteiger partial charge in [-0.3, -0.25) is 15.2 Å². The highest BCUT2D eigenvalue weighted by Gasteiger charge is 2.04. The van der Waals surface area contributed by atoms with Gasteiger partial charge in [0.15, 0.2) is 0 Å². The topological polar surface area (TPSA) is 81.1 Å². The van der Waals surface area contributed by atoms with Crippen LogP contribution in [0.15, 0.2) is 36.7 Å². The molecule has 0 amide bonds. The number of non-ortho nitro benzene ring substituents is 1. The maximum absolute atomic E-state index is 10.4. The second kappa shape index (κ2) is 4.43. The van der Waals surface area contributed by atoms with Crippen LogP contribution in [0.5, 0.6) is 5.75 Å². The highest BCUT2D eigenvalue weighted by Crippen LogP contribution is 2.18. The fourth-order valence-electron chi connectivity index (χ4n) is 1.19. The van der Waals surface area contributed by atoms with E-state index in [1.165, 1.54) is 12.1 Å². The third-order valence-electron chi connectivity index (χ3n) is 2.01. The summed E-state index contributed by atoms with van der Waals surface area (Å²) in [7, 11) is 0. The molecule has 0 fully saturated rings. The summed E-state index contributed by atoms with van der Waals surface area (Å²) in [6.45, 7) is 0.383. The highest BCUT2D eigenvalue weighted by molar-refractivity contribution is 5.36. The first-order valence-corrected chi connectivity index (χ1v) is 4.60. The first-order chi connectivity index (χ1) is 7.75. The van der Waals surface area contributed by atoms with Crippen LogP contribution in [-0.2, 0) is 6.61 Å². The predicted molar refractivity (Wildman–Crippen MR) is 56.0 cm³/mol. The van der Waals surface area contributed by atoms with E-state index in [4.69, 9.17) is 4.74 Å². The molecule has 2 aromatic rings. The smallest absolute Gasteiger partial charge is 0.269 e. The number of hydrogen-bond donors (Lipinski definition) is 1. The van der Waals surface area contributed by atoms with Crippen molar-refractivity contribution >= 4 is 5.69 Å². The molecule has 1 aromatic heterocycles. The van der Waals surface area contributed by atoms with Crippen molar-refractivity contribution in [2.45, 2.75) is 6.61 Å². The van der Waals surface area contributed by atoms with Crippen LogP contribution < -0.4 is 4.74 Å². The number of ether oxygens (including phenoxy) is 1. The van der Waals surface area contributed by atoms with E-state index >= 15 is 0 Å². The number of nitrogens with zero attached hydrogens (tertiary/aromatic N) is 2. The minimum absolute atomic E-state index is 0.0515. The molecule has 6 nitrogen and oxygen atoms in total. The fraction of sp³-hybridized carbons (Fsp3) is 0.100. The number of hydrogen-bond acceptors (Lipinski definition) is 4. The van der Waals surface area contributed by atoms with Gasteiger partial charge in [-0.05, 0) is 12.1 Å². The van der Waals surface area contributed by atoms with E-state index in [0.717, 1.165) is 5.56 Å². The zero-order valence-corrected chi connectivity index (χ0v) is 8.29. The fourth-order valence-corrected chi connectivity index (χ4v) is 1.19. The second-order valence-corrected chi connectivity index (χ2v) is 3.15. The van der Waals surface area contributed by atoms with Crippen molar-refractivity contribution in [1.82, 2.24) is 10.2 Å². The molecule has 0 saturated heterocycles. The van der Waals surface area contributed by atoms with Crippen molar-refractivity contribution in [2.75, 3.05) is 0 Å². The van der Waals surface area contributed by atoms with Gasteiger partial charge in [0.25, 0.3) is 5.69 Å². The molecule has 0 bridgehead atoms.